The number of aromatic nitrogens is 2. The highest BCUT2D eigenvalue weighted by Crippen LogP contribution is 2.35. The molecule has 0 amide bonds. The van der Waals surface area contributed by atoms with Crippen molar-refractivity contribution in [1.82, 2.24) is 9.97 Å². The van der Waals surface area contributed by atoms with Crippen LogP contribution in [0, 0.1) is 5.82 Å². The molecule has 0 saturated carbocycles. The van der Waals surface area contributed by atoms with Gasteiger partial charge in [0.15, 0.2) is 17.4 Å². The number of aliphatic hydroxyl groups excluding tert-OH is 1. The summed E-state index contributed by atoms with van der Waals surface area (Å²) in [7, 11) is 1.69. The summed E-state index contributed by atoms with van der Waals surface area (Å²) in [5.41, 5.74) is 2.38. The van der Waals surface area contributed by atoms with Gasteiger partial charge in [-0.05, 0) is 36.4 Å². The summed E-state index contributed by atoms with van der Waals surface area (Å²) < 4.78 is 24.7. The van der Waals surface area contributed by atoms with E-state index in [-0.39, 0.29) is 11.8 Å². The molecule has 1 unspecified atom stereocenters. The molecule has 1 aliphatic heterocycles. The minimum absolute atomic E-state index is 0.0292. The minimum atomic E-state index is -0.634. The van der Waals surface area contributed by atoms with E-state index < -0.39 is 11.9 Å². The second kappa shape index (κ2) is 8.84. The number of rotatable bonds is 7. The lowest BCUT2D eigenvalue weighted by Crippen LogP contribution is -2.14. The maximum Gasteiger partial charge on any atom is 0.298 e. The van der Waals surface area contributed by atoms with E-state index in [0.29, 0.717) is 53.6 Å². The third-order valence-electron chi connectivity index (χ3n) is 4.70. The van der Waals surface area contributed by atoms with Crippen molar-refractivity contribution in [3.63, 3.8) is 0 Å². The van der Waals surface area contributed by atoms with Gasteiger partial charge in [0.25, 0.3) is 6.47 Å². The Morgan fingerprint density at radius 1 is 1.23 bits per heavy atom. The number of aliphatic hydroxyl groups is 1. The molecule has 2 heterocycles. The smallest absolute Gasteiger partial charge is 0.298 e. The molecule has 4 rings (SSSR count). The summed E-state index contributed by atoms with van der Waals surface area (Å²) in [6.07, 6.45) is 0.916. The molecule has 0 fully saturated rings. The molecule has 1 aromatic heterocycles. The van der Waals surface area contributed by atoms with E-state index in [4.69, 9.17) is 9.47 Å². The standard InChI is InChI=1S/C21H20FN5O4/c1-23-16-9-13(3-5-19(16)31-11-28)26-21-24-10-15(22)20(27-21)25-12-2-4-18-14(8-12)17(29)6-7-30-18/h2-5,8-11,17,23,29H,6-7H2,1H3,(H2,24,25,26,27). The number of ether oxygens (including phenoxy) is 2. The number of nitrogens with zero attached hydrogens (tertiary/aromatic N) is 2. The van der Waals surface area contributed by atoms with Gasteiger partial charge in [-0.25, -0.2) is 9.37 Å². The number of anilines is 5. The monoisotopic (exact) mass is 425 g/mol. The van der Waals surface area contributed by atoms with Crippen molar-refractivity contribution < 1.29 is 23.8 Å². The van der Waals surface area contributed by atoms with E-state index >= 15 is 0 Å². The lowest BCUT2D eigenvalue weighted by molar-refractivity contribution is -0.120. The zero-order valence-electron chi connectivity index (χ0n) is 16.6. The molecular weight excluding hydrogens is 405 g/mol. The molecule has 160 valence electrons. The van der Waals surface area contributed by atoms with E-state index in [9.17, 15) is 14.3 Å². The van der Waals surface area contributed by atoms with E-state index in [1.807, 2.05) is 0 Å². The Morgan fingerprint density at radius 3 is 2.84 bits per heavy atom. The first-order valence-electron chi connectivity index (χ1n) is 9.51. The number of benzene rings is 2. The first-order chi connectivity index (χ1) is 15.1. The highest BCUT2D eigenvalue weighted by molar-refractivity contribution is 5.69. The summed E-state index contributed by atoms with van der Waals surface area (Å²) in [6.45, 7) is 0.796. The number of fused-ring (bicyclic) bond motifs is 1. The summed E-state index contributed by atoms with van der Waals surface area (Å²) in [5, 5.41) is 19.0. The molecule has 3 aromatic rings. The molecule has 10 heteroatoms. The SMILES string of the molecule is CNc1cc(Nc2ncc(F)c(Nc3ccc4c(c3)C(O)CCO4)n2)ccc1OC=O. The molecular formula is C21H20FN5O4. The normalized spacial score (nSPS) is 14.7. The molecule has 2 aromatic carbocycles. The number of carbonyl (C=O) groups excluding carboxylic acids is 1. The fraction of sp³-hybridized carbons (Fsp3) is 0.190. The Morgan fingerprint density at radius 2 is 2.03 bits per heavy atom. The van der Waals surface area contributed by atoms with Crippen LogP contribution < -0.4 is 25.4 Å². The lowest BCUT2D eigenvalue weighted by atomic mass is 10.0. The predicted molar refractivity (Wildman–Crippen MR) is 113 cm³/mol. The number of halogens is 1. The third kappa shape index (κ3) is 4.48. The maximum absolute atomic E-state index is 14.3. The fourth-order valence-corrected chi connectivity index (χ4v) is 3.19. The molecule has 0 aliphatic carbocycles. The quantitative estimate of drug-likeness (QED) is 0.422. The van der Waals surface area contributed by atoms with Crippen LogP contribution in [-0.2, 0) is 4.79 Å². The Balaban J connectivity index is 1.55. The highest BCUT2D eigenvalue weighted by Gasteiger charge is 2.20. The number of hydrogen-bond donors (Lipinski definition) is 4. The largest absolute Gasteiger partial charge is 0.493 e. The lowest BCUT2D eigenvalue weighted by Gasteiger charge is -2.22. The Bertz CT molecular complexity index is 1110. The van der Waals surface area contributed by atoms with Crippen LogP contribution in [0.25, 0.3) is 0 Å². The molecule has 31 heavy (non-hydrogen) atoms. The van der Waals surface area contributed by atoms with Crippen molar-refractivity contribution in [3.8, 4) is 11.5 Å². The van der Waals surface area contributed by atoms with Crippen molar-refractivity contribution in [1.29, 1.82) is 0 Å². The van der Waals surface area contributed by atoms with Crippen molar-refractivity contribution in [2.75, 3.05) is 29.6 Å². The Labute approximate surface area is 177 Å². The van der Waals surface area contributed by atoms with Gasteiger partial charge in [-0.2, -0.15) is 4.98 Å². The second-order valence-corrected chi connectivity index (χ2v) is 6.72. The summed E-state index contributed by atoms with van der Waals surface area (Å²) in [4.78, 5) is 18.8. The van der Waals surface area contributed by atoms with Crippen molar-refractivity contribution in [2.24, 2.45) is 0 Å². The van der Waals surface area contributed by atoms with Crippen molar-refractivity contribution in [3.05, 3.63) is 54.0 Å². The van der Waals surface area contributed by atoms with Gasteiger partial charge < -0.3 is 30.5 Å². The van der Waals surface area contributed by atoms with Gasteiger partial charge in [-0.1, -0.05) is 0 Å². The van der Waals surface area contributed by atoms with Crippen LogP contribution in [0.3, 0.4) is 0 Å². The average Bonchev–Trinajstić information content (AvgIpc) is 2.78. The fourth-order valence-electron chi connectivity index (χ4n) is 3.19. The van der Waals surface area contributed by atoms with E-state index in [2.05, 4.69) is 25.9 Å². The second-order valence-electron chi connectivity index (χ2n) is 6.72. The van der Waals surface area contributed by atoms with Crippen LogP contribution in [0.4, 0.5) is 33.2 Å². The minimum Gasteiger partial charge on any atom is -0.493 e. The summed E-state index contributed by atoms with van der Waals surface area (Å²) >= 11 is 0. The summed E-state index contributed by atoms with van der Waals surface area (Å²) in [6, 6.07) is 10.1. The van der Waals surface area contributed by atoms with Crippen molar-refractivity contribution >= 4 is 35.3 Å². The van der Waals surface area contributed by atoms with Crippen LogP contribution in [0.1, 0.15) is 18.1 Å². The van der Waals surface area contributed by atoms with Gasteiger partial charge in [0.2, 0.25) is 5.95 Å². The average molecular weight is 425 g/mol. The Hall–Kier alpha value is -3.92. The molecule has 1 atom stereocenters. The number of nitrogens with one attached hydrogen (secondary N) is 3. The van der Waals surface area contributed by atoms with E-state index in [1.54, 1.807) is 43.4 Å². The molecule has 0 radical (unpaired) electrons. The van der Waals surface area contributed by atoms with E-state index in [1.165, 1.54) is 0 Å². The molecule has 9 nitrogen and oxygen atoms in total. The maximum atomic E-state index is 14.3. The Kier molecular flexibility index (Phi) is 5.80. The van der Waals surface area contributed by atoms with Gasteiger partial charge in [-0.3, -0.25) is 4.79 Å². The zero-order chi connectivity index (χ0) is 21.8. The van der Waals surface area contributed by atoms with E-state index in [0.717, 1.165) is 6.20 Å². The van der Waals surface area contributed by atoms with Gasteiger partial charge in [0, 0.05) is 30.4 Å². The third-order valence-corrected chi connectivity index (χ3v) is 4.70. The van der Waals surface area contributed by atoms with Gasteiger partial charge in [0.05, 0.1) is 24.6 Å². The van der Waals surface area contributed by atoms with Crippen LogP contribution >= 0.6 is 0 Å². The molecule has 0 spiro atoms. The van der Waals surface area contributed by atoms with Gasteiger partial charge >= 0.3 is 0 Å². The van der Waals surface area contributed by atoms with Gasteiger partial charge in [0.1, 0.15) is 5.75 Å². The molecule has 1 aliphatic rings. The highest BCUT2D eigenvalue weighted by atomic mass is 19.1. The van der Waals surface area contributed by atoms with Crippen molar-refractivity contribution in [2.45, 2.75) is 12.5 Å². The molecule has 0 bridgehead atoms. The first kappa shape index (κ1) is 20.4. The topological polar surface area (TPSA) is 118 Å². The zero-order valence-corrected chi connectivity index (χ0v) is 16.6. The first-order valence-corrected chi connectivity index (χ1v) is 9.51. The molecule has 0 saturated heterocycles. The molecule has 4 N–H and O–H groups in total. The van der Waals surface area contributed by atoms with Crippen LogP contribution in [0.2, 0.25) is 0 Å². The van der Waals surface area contributed by atoms with Crippen LogP contribution in [0.15, 0.2) is 42.6 Å². The van der Waals surface area contributed by atoms with Crippen LogP contribution in [0.5, 0.6) is 11.5 Å². The van der Waals surface area contributed by atoms with Gasteiger partial charge in [-0.15, -0.1) is 0 Å². The van der Waals surface area contributed by atoms with Crippen LogP contribution in [-0.4, -0.2) is 35.2 Å². The number of hydrogen-bond acceptors (Lipinski definition) is 9. The predicted octanol–water partition coefficient (Wildman–Crippen LogP) is 3.50. The number of carbonyl (C=O) groups is 1. The summed E-state index contributed by atoms with van der Waals surface area (Å²) in [5.74, 6) is 0.474.